The third kappa shape index (κ3) is 4.96. The summed E-state index contributed by atoms with van der Waals surface area (Å²) in [7, 11) is 0. The van der Waals surface area contributed by atoms with Crippen LogP contribution in [0.4, 0.5) is 10.5 Å². The number of anilines is 1. The number of benzene rings is 1. The van der Waals surface area contributed by atoms with Gasteiger partial charge >= 0.3 is 6.03 Å². The average Bonchev–Trinajstić information content (AvgIpc) is 2.57. The van der Waals surface area contributed by atoms with Gasteiger partial charge in [-0.15, -0.1) is 0 Å². The summed E-state index contributed by atoms with van der Waals surface area (Å²) in [6.45, 7) is 7.83. The SMILES string of the molecule is CC1CCN(CC2CCN(C(=O)Nc3cccc(Br)c3)CC2)CC1. The summed E-state index contributed by atoms with van der Waals surface area (Å²) in [6, 6.07) is 7.78. The Morgan fingerprint density at radius 3 is 2.54 bits per heavy atom. The summed E-state index contributed by atoms with van der Waals surface area (Å²) in [6.07, 6.45) is 4.93. The fourth-order valence-electron chi connectivity index (χ4n) is 3.70. The van der Waals surface area contributed by atoms with Crippen molar-refractivity contribution in [3.8, 4) is 0 Å². The van der Waals surface area contributed by atoms with Crippen molar-refractivity contribution in [3.05, 3.63) is 28.7 Å². The standard InChI is InChI=1S/C19H28BrN3O/c1-15-5-9-22(10-6-15)14-16-7-11-23(12-8-16)19(24)21-18-4-2-3-17(20)13-18/h2-4,13,15-16H,5-12,14H2,1H3,(H,21,24). The molecule has 3 rings (SSSR count). The second-order valence-electron chi connectivity index (χ2n) is 7.35. The van der Waals surface area contributed by atoms with E-state index in [0.717, 1.165) is 47.9 Å². The van der Waals surface area contributed by atoms with Gasteiger partial charge in [0.1, 0.15) is 0 Å². The number of nitrogens with one attached hydrogen (secondary N) is 1. The first kappa shape index (κ1) is 17.7. The van der Waals surface area contributed by atoms with Gasteiger partial charge in [0, 0.05) is 29.8 Å². The Bertz CT molecular complexity index is 549. The molecule has 2 aliphatic rings. The van der Waals surface area contributed by atoms with E-state index in [9.17, 15) is 4.79 Å². The fraction of sp³-hybridized carbons (Fsp3) is 0.632. The number of rotatable bonds is 3. The molecule has 0 unspecified atom stereocenters. The number of urea groups is 1. The van der Waals surface area contributed by atoms with Crippen LogP contribution in [-0.4, -0.2) is 48.6 Å². The number of hydrogen-bond acceptors (Lipinski definition) is 2. The third-order valence-corrected chi connectivity index (χ3v) is 5.86. The van der Waals surface area contributed by atoms with Crippen LogP contribution in [0, 0.1) is 11.8 Å². The van der Waals surface area contributed by atoms with Crippen LogP contribution in [0.5, 0.6) is 0 Å². The summed E-state index contributed by atoms with van der Waals surface area (Å²) in [5.41, 5.74) is 0.846. The van der Waals surface area contributed by atoms with Gasteiger partial charge in [0.15, 0.2) is 0 Å². The Morgan fingerprint density at radius 1 is 1.17 bits per heavy atom. The maximum absolute atomic E-state index is 12.4. The lowest BCUT2D eigenvalue weighted by Crippen LogP contribution is -2.44. The molecule has 0 aromatic heterocycles. The molecule has 4 nitrogen and oxygen atoms in total. The molecule has 2 heterocycles. The zero-order chi connectivity index (χ0) is 16.9. The summed E-state index contributed by atoms with van der Waals surface area (Å²) in [4.78, 5) is 17.0. The van der Waals surface area contributed by atoms with Crippen LogP contribution < -0.4 is 5.32 Å². The molecule has 132 valence electrons. The Kier molecular flexibility index (Phi) is 6.17. The van der Waals surface area contributed by atoms with Gasteiger partial charge in [0.05, 0.1) is 0 Å². The number of piperidine rings is 2. The molecule has 24 heavy (non-hydrogen) atoms. The van der Waals surface area contributed by atoms with Gasteiger partial charge in [0.2, 0.25) is 0 Å². The quantitative estimate of drug-likeness (QED) is 0.824. The number of amides is 2. The molecule has 2 saturated heterocycles. The Hall–Kier alpha value is -1.07. The number of carbonyl (C=O) groups is 1. The molecular weight excluding hydrogens is 366 g/mol. The van der Waals surface area contributed by atoms with Crippen LogP contribution in [-0.2, 0) is 0 Å². The van der Waals surface area contributed by atoms with Crippen LogP contribution in [0.15, 0.2) is 28.7 Å². The first-order chi connectivity index (χ1) is 11.6. The van der Waals surface area contributed by atoms with Crippen LogP contribution in [0.25, 0.3) is 0 Å². The molecule has 0 spiro atoms. The Balaban J connectivity index is 1.42. The van der Waals surface area contributed by atoms with Gasteiger partial charge in [-0.1, -0.05) is 28.9 Å². The Labute approximate surface area is 153 Å². The highest BCUT2D eigenvalue weighted by molar-refractivity contribution is 9.10. The molecule has 1 aromatic carbocycles. The highest BCUT2D eigenvalue weighted by atomic mass is 79.9. The van der Waals surface area contributed by atoms with Gasteiger partial charge in [-0.2, -0.15) is 0 Å². The van der Waals surface area contributed by atoms with E-state index >= 15 is 0 Å². The highest BCUT2D eigenvalue weighted by Gasteiger charge is 2.25. The maximum atomic E-state index is 12.4. The molecular formula is C19H28BrN3O. The van der Waals surface area contributed by atoms with Crippen LogP contribution in [0.3, 0.4) is 0 Å². The molecule has 2 aliphatic heterocycles. The summed E-state index contributed by atoms with van der Waals surface area (Å²) in [5.74, 6) is 1.64. The molecule has 1 aromatic rings. The van der Waals surface area contributed by atoms with Crippen molar-refractivity contribution >= 4 is 27.6 Å². The average molecular weight is 394 g/mol. The monoisotopic (exact) mass is 393 g/mol. The first-order valence-corrected chi connectivity index (χ1v) is 9.93. The molecule has 0 aliphatic carbocycles. The molecule has 2 amide bonds. The number of likely N-dealkylation sites (tertiary alicyclic amines) is 2. The van der Waals surface area contributed by atoms with Crippen molar-refractivity contribution in [3.63, 3.8) is 0 Å². The second-order valence-corrected chi connectivity index (χ2v) is 8.27. The number of carbonyl (C=O) groups excluding carboxylic acids is 1. The Morgan fingerprint density at radius 2 is 1.88 bits per heavy atom. The molecule has 0 radical (unpaired) electrons. The van der Waals surface area contributed by atoms with E-state index in [4.69, 9.17) is 0 Å². The van der Waals surface area contributed by atoms with Crippen LogP contribution in [0.1, 0.15) is 32.6 Å². The minimum Gasteiger partial charge on any atom is -0.325 e. The maximum Gasteiger partial charge on any atom is 0.321 e. The van der Waals surface area contributed by atoms with Crippen molar-refractivity contribution in [1.82, 2.24) is 9.80 Å². The minimum absolute atomic E-state index is 0.0262. The normalized spacial score (nSPS) is 21.0. The van der Waals surface area contributed by atoms with E-state index in [1.54, 1.807) is 0 Å². The molecule has 0 atom stereocenters. The van der Waals surface area contributed by atoms with Crippen molar-refractivity contribution in [2.75, 3.05) is 38.0 Å². The van der Waals surface area contributed by atoms with Gasteiger partial charge in [-0.25, -0.2) is 4.79 Å². The minimum atomic E-state index is 0.0262. The van der Waals surface area contributed by atoms with Crippen LogP contribution >= 0.6 is 15.9 Å². The van der Waals surface area contributed by atoms with Crippen molar-refractivity contribution in [1.29, 1.82) is 0 Å². The topological polar surface area (TPSA) is 35.6 Å². The highest BCUT2D eigenvalue weighted by Crippen LogP contribution is 2.23. The fourth-order valence-corrected chi connectivity index (χ4v) is 4.10. The molecule has 1 N–H and O–H groups in total. The molecule has 2 fully saturated rings. The van der Waals surface area contributed by atoms with Crippen molar-refractivity contribution in [2.24, 2.45) is 11.8 Å². The van der Waals surface area contributed by atoms with E-state index < -0.39 is 0 Å². The van der Waals surface area contributed by atoms with E-state index in [-0.39, 0.29) is 6.03 Å². The van der Waals surface area contributed by atoms with Gasteiger partial charge < -0.3 is 15.1 Å². The summed E-state index contributed by atoms with van der Waals surface area (Å²) in [5, 5.41) is 3.00. The number of halogens is 1. The zero-order valence-electron chi connectivity index (χ0n) is 14.5. The lowest BCUT2D eigenvalue weighted by atomic mass is 9.93. The van der Waals surface area contributed by atoms with Gasteiger partial charge in [-0.05, 0) is 68.8 Å². The largest absolute Gasteiger partial charge is 0.325 e. The summed E-state index contributed by atoms with van der Waals surface area (Å²) < 4.78 is 0.981. The number of hydrogen-bond donors (Lipinski definition) is 1. The van der Waals surface area contributed by atoms with E-state index in [1.807, 2.05) is 29.2 Å². The van der Waals surface area contributed by atoms with Crippen LogP contribution in [0.2, 0.25) is 0 Å². The van der Waals surface area contributed by atoms with Crippen molar-refractivity contribution in [2.45, 2.75) is 32.6 Å². The smallest absolute Gasteiger partial charge is 0.321 e. The predicted molar refractivity (Wildman–Crippen MR) is 102 cm³/mol. The van der Waals surface area contributed by atoms with Gasteiger partial charge in [-0.3, -0.25) is 0 Å². The zero-order valence-corrected chi connectivity index (χ0v) is 16.1. The number of nitrogens with zero attached hydrogens (tertiary/aromatic N) is 2. The van der Waals surface area contributed by atoms with E-state index in [1.165, 1.54) is 32.5 Å². The lowest BCUT2D eigenvalue weighted by Gasteiger charge is -2.37. The molecule has 5 heteroatoms. The predicted octanol–water partition coefficient (Wildman–Crippen LogP) is 4.42. The third-order valence-electron chi connectivity index (χ3n) is 5.37. The van der Waals surface area contributed by atoms with E-state index in [0.29, 0.717) is 0 Å². The van der Waals surface area contributed by atoms with Crippen molar-refractivity contribution < 1.29 is 4.79 Å². The second kappa shape index (κ2) is 8.34. The lowest BCUT2D eigenvalue weighted by molar-refractivity contribution is 0.130. The first-order valence-electron chi connectivity index (χ1n) is 9.14. The van der Waals surface area contributed by atoms with Gasteiger partial charge in [0.25, 0.3) is 0 Å². The van der Waals surface area contributed by atoms with E-state index in [2.05, 4.69) is 33.1 Å². The summed E-state index contributed by atoms with van der Waals surface area (Å²) >= 11 is 3.44. The molecule has 0 bridgehead atoms. The molecule has 0 saturated carbocycles.